The van der Waals surface area contributed by atoms with Crippen LogP contribution in [-0.4, -0.2) is 45.6 Å². The fraction of sp³-hybridized carbons (Fsp3) is 0.242. The zero-order valence-corrected chi connectivity index (χ0v) is 25.5. The number of aromatic nitrogens is 3. The van der Waals surface area contributed by atoms with Gasteiger partial charge in [-0.2, -0.15) is 0 Å². The molecule has 0 amide bonds. The van der Waals surface area contributed by atoms with Gasteiger partial charge in [0.1, 0.15) is 18.2 Å². The fourth-order valence-electron chi connectivity index (χ4n) is 4.56. The summed E-state index contributed by atoms with van der Waals surface area (Å²) in [4.78, 5) is 20.8. The molecule has 5 aromatic rings. The number of benzene rings is 3. The van der Waals surface area contributed by atoms with E-state index in [2.05, 4.69) is 14.7 Å². The molecule has 8 nitrogen and oxygen atoms in total. The van der Waals surface area contributed by atoms with Crippen molar-refractivity contribution in [2.75, 3.05) is 24.7 Å². The summed E-state index contributed by atoms with van der Waals surface area (Å²) in [5.74, 6) is -0.339. The zero-order valence-electron chi connectivity index (χ0n) is 24.6. The predicted molar refractivity (Wildman–Crippen MR) is 170 cm³/mol. The van der Waals surface area contributed by atoms with Gasteiger partial charge in [-0.1, -0.05) is 62.2 Å². The van der Waals surface area contributed by atoms with Gasteiger partial charge in [0.15, 0.2) is 0 Å². The van der Waals surface area contributed by atoms with Gasteiger partial charge in [-0.25, -0.2) is 19.2 Å². The number of hydrogen-bond donors (Lipinski definition) is 2. The minimum absolute atomic E-state index is 0.165. The first-order valence-corrected chi connectivity index (χ1v) is 15.2. The van der Waals surface area contributed by atoms with Gasteiger partial charge in [-0.3, -0.25) is 0 Å². The van der Waals surface area contributed by atoms with Gasteiger partial charge in [0.25, 0.3) is 0 Å². The van der Waals surface area contributed by atoms with Crippen LogP contribution in [0.4, 0.5) is 10.1 Å². The number of ether oxygens (including phenoxy) is 2. The Kier molecular flexibility index (Phi) is 11.1. The van der Waals surface area contributed by atoms with Crippen LogP contribution in [0.15, 0.2) is 78.9 Å². The number of imidazole rings is 1. The second kappa shape index (κ2) is 15.2. The molecule has 3 aromatic carbocycles. The van der Waals surface area contributed by atoms with Gasteiger partial charge in [0.2, 0.25) is 5.88 Å². The number of methoxy groups -OCH3 is 1. The monoisotopic (exact) mass is 602 g/mol. The minimum atomic E-state index is -1.02. The number of halogens is 1. The van der Waals surface area contributed by atoms with Gasteiger partial charge >= 0.3 is 5.97 Å². The summed E-state index contributed by atoms with van der Waals surface area (Å²) in [5.41, 5.74) is 5.14. The largest absolute Gasteiger partial charge is 0.478 e. The Morgan fingerprint density at radius 2 is 1.81 bits per heavy atom. The van der Waals surface area contributed by atoms with Crippen LogP contribution < -0.4 is 9.46 Å². The van der Waals surface area contributed by atoms with Crippen LogP contribution in [0.3, 0.4) is 0 Å². The number of fused-ring (bicyclic) bond motifs is 1. The number of aromatic carboxylic acids is 1. The SMILES string of the molecule is CC.COCCn1c(Cc2ccc(-c3cccc(OCc4ccccc4NSC)n3)cc2F)nc2ccc(C(=O)O)cc21. The second-order valence-electron chi connectivity index (χ2n) is 9.28. The van der Waals surface area contributed by atoms with Gasteiger partial charge < -0.3 is 23.9 Å². The molecule has 0 aliphatic carbocycles. The molecule has 0 saturated carbocycles. The summed E-state index contributed by atoms with van der Waals surface area (Å²) in [6, 6.07) is 23.1. The number of nitrogens with one attached hydrogen (secondary N) is 1. The number of hydrogen-bond acceptors (Lipinski definition) is 7. The summed E-state index contributed by atoms with van der Waals surface area (Å²) in [5, 5.41) is 9.42. The smallest absolute Gasteiger partial charge is 0.335 e. The van der Waals surface area contributed by atoms with E-state index in [1.807, 2.05) is 67.1 Å². The van der Waals surface area contributed by atoms with E-state index in [1.54, 1.807) is 31.4 Å². The van der Waals surface area contributed by atoms with E-state index in [1.165, 1.54) is 24.1 Å². The number of carbonyl (C=O) groups is 1. The Balaban J connectivity index is 0.00000207. The quantitative estimate of drug-likeness (QED) is 0.142. The molecular formula is C33H35FN4O4S. The highest BCUT2D eigenvalue weighted by atomic mass is 32.2. The van der Waals surface area contributed by atoms with E-state index in [-0.39, 0.29) is 17.8 Å². The Hall–Kier alpha value is -4.41. The van der Waals surface area contributed by atoms with Crippen molar-refractivity contribution in [1.29, 1.82) is 0 Å². The van der Waals surface area contributed by atoms with E-state index < -0.39 is 5.97 Å². The van der Waals surface area contributed by atoms with Crippen molar-refractivity contribution < 1.29 is 23.8 Å². The third kappa shape index (κ3) is 7.71. The van der Waals surface area contributed by atoms with Crippen LogP contribution >= 0.6 is 11.9 Å². The summed E-state index contributed by atoms with van der Waals surface area (Å²) in [6.45, 7) is 5.20. The van der Waals surface area contributed by atoms with Crippen molar-refractivity contribution in [2.24, 2.45) is 0 Å². The summed E-state index contributed by atoms with van der Waals surface area (Å²) in [7, 11) is 1.59. The number of pyridine rings is 1. The highest BCUT2D eigenvalue weighted by molar-refractivity contribution is 7.99. The number of carboxylic acids is 1. The zero-order chi connectivity index (χ0) is 30.8. The van der Waals surface area contributed by atoms with Crippen molar-refractivity contribution in [1.82, 2.24) is 14.5 Å². The maximum Gasteiger partial charge on any atom is 0.335 e. The molecule has 0 aliphatic heterocycles. The first kappa shape index (κ1) is 31.5. The molecule has 2 aromatic heterocycles. The molecule has 0 unspecified atom stereocenters. The molecule has 0 radical (unpaired) electrons. The Morgan fingerprint density at radius 3 is 2.56 bits per heavy atom. The summed E-state index contributed by atoms with van der Waals surface area (Å²) in [6.07, 6.45) is 2.19. The lowest BCUT2D eigenvalue weighted by Crippen LogP contribution is -2.10. The standard InChI is InChI=1S/C31H29FN4O4S.C2H6/c1-39-15-14-36-28-17-22(31(37)38)12-13-27(28)33-29(36)18-20-10-11-21(16-24(20)32)25-8-5-9-30(34-25)40-19-23-6-3-4-7-26(23)35-41-2;1-2/h3-13,16-17,35H,14-15,18-19H2,1-2H3,(H,37,38);1-2H3. The third-order valence-electron chi connectivity index (χ3n) is 6.62. The van der Waals surface area contributed by atoms with E-state index in [0.29, 0.717) is 59.3 Å². The number of carboxylic acid groups (broad SMARTS) is 1. The predicted octanol–water partition coefficient (Wildman–Crippen LogP) is 7.47. The van der Waals surface area contributed by atoms with Crippen molar-refractivity contribution in [3.8, 4) is 17.1 Å². The molecule has 0 atom stereocenters. The van der Waals surface area contributed by atoms with Crippen LogP contribution in [0.5, 0.6) is 5.88 Å². The molecule has 0 bridgehead atoms. The molecule has 2 N–H and O–H groups in total. The summed E-state index contributed by atoms with van der Waals surface area (Å²) < 4.78 is 31.7. The number of anilines is 1. The average Bonchev–Trinajstić information content (AvgIpc) is 3.37. The third-order valence-corrected chi connectivity index (χ3v) is 7.04. The van der Waals surface area contributed by atoms with Crippen LogP contribution in [-0.2, 0) is 24.3 Å². The Morgan fingerprint density at radius 1 is 1.00 bits per heavy atom. The van der Waals surface area contributed by atoms with Crippen molar-refractivity contribution in [3.63, 3.8) is 0 Å². The van der Waals surface area contributed by atoms with Crippen LogP contribution in [0.1, 0.15) is 41.2 Å². The van der Waals surface area contributed by atoms with Crippen molar-refractivity contribution >= 4 is 34.6 Å². The molecule has 0 fully saturated rings. The normalized spacial score (nSPS) is 10.7. The maximum absolute atomic E-state index is 15.4. The lowest BCUT2D eigenvalue weighted by molar-refractivity contribution is 0.0697. The molecule has 43 heavy (non-hydrogen) atoms. The van der Waals surface area contributed by atoms with Crippen LogP contribution in [0, 0.1) is 5.82 Å². The first-order chi connectivity index (χ1) is 21.0. The van der Waals surface area contributed by atoms with E-state index >= 15 is 4.39 Å². The van der Waals surface area contributed by atoms with Gasteiger partial charge in [0, 0.05) is 43.5 Å². The van der Waals surface area contributed by atoms with Crippen molar-refractivity contribution in [3.05, 3.63) is 107 Å². The fourth-order valence-corrected chi connectivity index (χ4v) is 4.98. The van der Waals surface area contributed by atoms with Gasteiger partial charge in [-0.15, -0.1) is 0 Å². The number of rotatable bonds is 12. The molecule has 224 valence electrons. The average molecular weight is 603 g/mol. The first-order valence-electron chi connectivity index (χ1n) is 13.9. The molecule has 0 spiro atoms. The highest BCUT2D eigenvalue weighted by Crippen LogP contribution is 2.26. The molecule has 10 heteroatoms. The molecule has 0 saturated heterocycles. The van der Waals surface area contributed by atoms with Gasteiger partial charge in [0.05, 0.1) is 34.6 Å². The topological polar surface area (TPSA) is 98.5 Å². The molecule has 2 heterocycles. The number of para-hydroxylation sites is 1. The Labute approximate surface area is 255 Å². The van der Waals surface area contributed by atoms with E-state index in [9.17, 15) is 9.90 Å². The molecule has 0 aliphatic rings. The van der Waals surface area contributed by atoms with Crippen molar-refractivity contribution in [2.45, 2.75) is 33.4 Å². The van der Waals surface area contributed by atoms with Crippen LogP contribution in [0.25, 0.3) is 22.3 Å². The molecular weight excluding hydrogens is 567 g/mol. The van der Waals surface area contributed by atoms with Crippen LogP contribution in [0.2, 0.25) is 0 Å². The Bertz CT molecular complexity index is 1690. The highest BCUT2D eigenvalue weighted by Gasteiger charge is 2.16. The molecule has 5 rings (SSSR count). The number of nitrogens with zero attached hydrogens (tertiary/aromatic N) is 3. The lowest BCUT2D eigenvalue weighted by Gasteiger charge is -2.12. The summed E-state index contributed by atoms with van der Waals surface area (Å²) >= 11 is 1.51. The maximum atomic E-state index is 15.4. The minimum Gasteiger partial charge on any atom is -0.478 e. The van der Waals surface area contributed by atoms with Gasteiger partial charge in [-0.05, 0) is 42.0 Å². The lowest BCUT2D eigenvalue weighted by atomic mass is 10.1. The second-order valence-corrected chi connectivity index (χ2v) is 9.89. The van der Waals surface area contributed by atoms with E-state index in [4.69, 9.17) is 9.47 Å². The van der Waals surface area contributed by atoms with E-state index in [0.717, 1.165) is 11.3 Å².